The number of nitrogens with zero attached hydrogens (tertiary/aromatic N) is 1. The minimum Gasteiger partial charge on any atom is -0.494 e. The summed E-state index contributed by atoms with van der Waals surface area (Å²) in [5.41, 5.74) is 7.26. The molecule has 0 saturated carbocycles. The van der Waals surface area contributed by atoms with E-state index >= 15 is 0 Å². The molecule has 2 N–H and O–H groups in total. The van der Waals surface area contributed by atoms with Gasteiger partial charge in [-0.15, -0.1) is 0 Å². The highest BCUT2D eigenvalue weighted by Crippen LogP contribution is 2.35. The average Bonchev–Trinajstić information content (AvgIpc) is 2.27. The number of halogens is 1. The smallest absolute Gasteiger partial charge is 0.167 e. The van der Waals surface area contributed by atoms with Crippen LogP contribution < -0.4 is 15.4 Å². The van der Waals surface area contributed by atoms with Crippen LogP contribution in [0.3, 0.4) is 0 Å². The van der Waals surface area contributed by atoms with Crippen LogP contribution in [0.2, 0.25) is 0 Å². The maximum absolute atomic E-state index is 13.5. The van der Waals surface area contributed by atoms with Gasteiger partial charge in [0.05, 0.1) is 18.5 Å². The lowest BCUT2D eigenvalue weighted by Gasteiger charge is -2.36. The van der Waals surface area contributed by atoms with Crippen molar-refractivity contribution in [3.8, 4) is 5.75 Å². The lowest BCUT2D eigenvalue weighted by molar-refractivity contribution is 0.386. The van der Waals surface area contributed by atoms with Crippen LogP contribution in [0.1, 0.15) is 13.8 Å². The first-order valence-corrected chi connectivity index (χ1v) is 6.99. The third-order valence-electron chi connectivity index (χ3n) is 3.06. The highest BCUT2D eigenvalue weighted by Gasteiger charge is 2.24. The Balaban J connectivity index is 2.32. The summed E-state index contributed by atoms with van der Waals surface area (Å²) >= 11 is 1.97. The monoisotopic (exact) mass is 270 g/mol. The van der Waals surface area contributed by atoms with Crippen molar-refractivity contribution in [1.29, 1.82) is 0 Å². The molecule has 2 atom stereocenters. The van der Waals surface area contributed by atoms with Gasteiger partial charge in [0.1, 0.15) is 0 Å². The summed E-state index contributed by atoms with van der Waals surface area (Å²) in [7, 11) is 1.47. The number of nitrogen functional groups attached to an aromatic ring is 1. The summed E-state index contributed by atoms with van der Waals surface area (Å²) in [6, 6.07) is 3.03. The zero-order chi connectivity index (χ0) is 13.3. The normalized spacial score (nSPS) is 24.1. The van der Waals surface area contributed by atoms with E-state index in [9.17, 15) is 4.39 Å². The van der Waals surface area contributed by atoms with Crippen LogP contribution >= 0.6 is 11.8 Å². The highest BCUT2D eigenvalue weighted by molar-refractivity contribution is 8.00. The Kier molecular flexibility index (Phi) is 3.90. The maximum Gasteiger partial charge on any atom is 0.167 e. The molecule has 1 aromatic carbocycles. The van der Waals surface area contributed by atoms with Crippen molar-refractivity contribution in [2.24, 2.45) is 0 Å². The average molecular weight is 270 g/mol. The van der Waals surface area contributed by atoms with Gasteiger partial charge in [-0.2, -0.15) is 11.8 Å². The minimum atomic E-state index is -0.411. The van der Waals surface area contributed by atoms with Crippen LogP contribution in [-0.2, 0) is 0 Å². The molecular formula is C13H19FN2OS. The predicted molar refractivity (Wildman–Crippen MR) is 76.1 cm³/mol. The van der Waals surface area contributed by atoms with Crippen molar-refractivity contribution in [3.63, 3.8) is 0 Å². The topological polar surface area (TPSA) is 38.5 Å². The third kappa shape index (κ3) is 2.66. The van der Waals surface area contributed by atoms with E-state index in [4.69, 9.17) is 10.5 Å². The molecule has 0 amide bonds. The fourth-order valence-corrected chi connectivity index (χ4v) is 3.69. The molecule has 3 nitrogen and oxygen atoms in total. The van der Waals surface area contributed by atoms with E-state index in [1.807, 2.05) is 11.8 Å². The zero-order valence-corrected chi connectivity index (χ0v) is 11.8. The van der Waals surface area contributed by atoms with Gasteiger partial charge >= 0.3 is 0 Å². The molecule has 2 unspecified atom stereocenters. The Morgan fingerprint density at radius 3 is 2.50 bits per heavy atom. The molecule has 1 saturated heterocycles. The molecule has 0 spiro atoms. The molecule has 0 aromatic heterocycles. The Morgan fingerprint density at radius 2 is 1.94 bits per heavy atom. The second-order valence-corrected chi connectivity index (χ2v) is 6.59. The number of rotatable bonds is 2. The Bertz CT molecular complexity index is 431. The lowest BCUT2D eigenvalue weighted by atomic mass is 10.2. The number of anilines is 2. The lowest BCUT2D eigenvalue weighted by Crippen LogP contribution is -2.40. The van der Waals surface area contributed by atoms with Gasteiger partial charge in [-0.25, -0.2) is 4.39 Å². The van der Waals surface area contributed by atoms with E-state index in [-0.39, 0.29) is 5.75 Å². The van der Waals surface area contributed by atoms with Gasteiger partial charge in [0.25, 0.3) is 0 Å². The summed E-state index contributed by atoms with van der Waals surface area (Å²) in [6.07, 6.45) is 0. The molecule has 5 heteroatoms. The quantitative estimate of drug-likeness (QED) is 0.839. The Labute approximate surface area is 111 Å². The number of nitrogens with two attached hydrogens (primary N) is 1. The summed E-state index contributed by atoms with van der Waals surface area (Å²) < 4.78 is 18.5. The van der Waals surface area contributed by atoms with E-state index in [0.29, 0.717) is 16.2 Å². The van der Waals surface area contributed by atoms with E-state index in [1.165, 1.54) is 13.2 Å². The van der Waals surface area contributed by atoms with Gasteiger partial charge < -0.3 is 15.4 Å². The highest BCUT2D eigenvalue weighted by atomic mass is 32.2. The van der Waals surface area contributed by atoms with E-state index in [2.05, 4.69) is 18.7 Å². The zero-order valence-electron chi connectivity index (χ0n) is 10.9. The molecule has 1 aliphatic heterocycles. The first kappa shape index (κ1) is 13.3. The number of hydrogen-bond acceptors (Lipinski definition) is 4. The first-order chi connectivity index (χ1) is 8.51. The van der Waals surface area contributed by atoms with Crippen molar-refractivity contribution >= 4 is 23.1 Å². The van der Waals surface area contributed by atoms with Gasteiger partial charge in [-0.3, -0.25) is 0 Å². The first-order valence-electron chi connectivity index (χ1n) is 6.04. The van der Waals surface area contributed by atoms with Crippen molar-refractivity contribution in [3.05, 3.63) is 17.9 Å². The van der Waals surface area contributed by atoms with Crippen LogP contribution in [0.15, 0.2) is 12.1 Å². The van der Waals surface area contributed by atoms with Crippen LogP contribution in [0.5, 0.6) is 5.75 Å². The predicted octanol–water partition coefficient (Wildman–Crippen LogP) is 2.75. The minimum absolute atomic E-state index is 0.248. The number of benzene rings is 1. The van der Waals surface area contributed by atoms with Crippen molar-refractivity contribution in [2.75, 3.05) is 30.8 Å². The second-order valence-electron chi connectivity index (χ2n) is 4.71. The summed E-state index contributed by atoms with van der Waals surface area (Å²) in [6.45, 7) is 6.25. The molecule has 18 heavy (non-hydrogen) atoms. The van der Waals surface area contributed by atoms with Crippen LogP contribution in [0.4, 0.5) is 15.8 Å². The molecule has 0 radical (unpaired) electrons. The van der Waals surface area contributed by atoms with Crippen molar-refractivity contribution in [1.82, 2.24) is 0 Å². The number of thioether (sulfide) groups is 1. The summed E-state index contributed by atoms with van der Waals surface area (Å²) in [5.74, 6) is -0.163. The number of ether oxygens (including phenoxy) is 1. The van der Waals surface area contributed by atoms with E-state index in [0.717, 1.165) is 18.8 Å². The van der Waals surface area contributed by atoms with Gasteiger partial charge in [-0.05, 0) is 0 Å². The summed E-state index contributed by atoms with van der Waals surface area (Å²) in [4.78, 5) is 2.21. The molecule has 2 rings (SSSR count). The van der Waals surface area contributed by atoms with Gasteiger partial charge in [0.15, 0.2) is 11.6 Å². The van der Waals surface area contributed by atoms with Gasteiger partial charge in [0.2, 0.25) is 0 Å². The van der Waals surface area contributed by atoms with E-state index in [1.54, 1.807) is 6.07 Å². The van der Waals surface area contributed by atoms with Gasteiger partial charge in [0, 0.05) is 35.7 Å². The number of methoxy groups -OCH3 is 1. The standard InChI is InChI=1S/C13H19FN2OS/c1-8-6-16(7-9(2)18-8)12-5-13(17-3)10(14)4-11(12)15/h4-5,8-9H,6-7,15H2,1-3H3. The third-order valence-corrected chi connectivity index (χ3v) is 4.29. The molecule has 1 fully saturated rings. The molecule has 0 aliphatic carbocycles. The molecule has 1 aromatic rings. The van der Waals surface area contributed by atoms with Crippen molar-refractivity contribution < 1.29 is 9.13 Å². The molecule has 1 heterocycles. The van der Waals surface area contributed by atoms with Crippen LogP contribution in [0.25, 0.3) is 0 Å². The van der Waals surface area contributed by atoms with Gasteiger partial charge in [-0.1, -0.05) is 13.8 Å². The largest absolute Gasteiger partial charge is 0.494 e. The summed E-state index contributed by atoms with van der Waals surface area (Å²) in [5, 5.41) is 1.09. The SMILES string of the molecule is COc1cc(N2CC(C)SC(C)C2)c(N)cc1F. The second kappa shape index (κ2) is 5.26. The number of hydrogen-bond donors (Lipinski definition) is 1. The maximum atomic E-state index is 13.5. The molecular weight excluding hydrogens is 251 g/mol. The Morgan fingerprint density at radius 1 is 1.33 bits per heavy atom. The van der Waals surface area contributed by atoms with Crippen molar-refractivity contribution in [2.45, 2.75) is 24.3 Å². The Hall–Kier alpha value is -1.10. The molecule has 1 aliphatic rings. The fourth-order valence-electron chi connectivity index (χ4n) is 2.36. The van der Waals surface area contributed by atoms with Crippen LogP contribution in [0, 0.1) is 5.82 Å². The molecule has 100 valence electrons. The van der Waals surface area contributed by atoms with Crippen LogP contribution in [-0.4, -0.2) is 30.7 Å². The van der Waals surface area contributed by atoms with E-state index < -0.39 is 5.82 Å². The fraction of sp³-hybridized carbons (Fsp3) is 0.538. The molecule has 0 bridgehead atoms.